The van der Waals surface area contributed by atoms with Crippen molar-refractivity contribution < 1.29 is 32.6 Å². The van der Waals surface area contributed by atoms with Crippen molar-refractivity contribution in [3.05, 3.63) is 23.8 Å². The van der Waals surface area contributed by atoms with Gasteiger partial charge in [-0.1, -0.05) is 5.16 Å². The highest BCUT2D eigenvalue weighted by molar-refractivity contribution is 5.97. The zero-order valence-electron chi connectivity index (χ0n) is 10.5. The first-order chi connectivity index (χ1) is 9.35. The van der Waals surface area contributed by atoms with E-state index >= 15 is 0 Å². The number of amidine groups is 1. The molecule has 9 heteroatoms. The molecule has 0 unspecified atom stereocenters. The molecule has 3 N–H and O–H groups in total. The van der Waals surface area contributed by atoms with E-state index in [0.29, 0.717) is 11.3 Å². The highest BCUT2D eigenvalue weighted by atomic mass is 19.4. The van der Waals surface area contributed by atoms with Gasteiger partial charge in [0.15, 0.2) is 5.84 Å². The van der Waals surface area contributed by atoms with E-state index in [1.165, 1.54) is 25.3 Å². The molecule has 1 aromatic carbocycles. The van der Waals surface area contributed by atoms with Gasteiger partial charge in [-0.15, -0.1) is 13.2 Å². The van der Waals surface area contributed by atoms with Crippen molar-refractivity contribution in [3.63, 3.8) is 0 Å². The van der Waals surface area contributed by atoms with E-state index in [-0.39, 0.29) is 18.2 Å². The standard InChI is InChI=1S/C11H13F3N2O4/c1-18-8-4-7(10(15)16-17)5-9(6-8)19-2-3-20-11(12,13)14/h4-6,17H,2-3H2,1H3,(H2,15,16). The summed E-state index contributed by atoms with van der Waals surface area (Å²) >= 11 is 0. The first-order valence-corrected chi connectivity index (χ1v) is 5.36. The number of ether oxygens (including phenoxy) is 3. The summed E-state index contributed by atoms with van der Waals surface area (Å²) in [6.07, 6.45) is -4.70. The molecule has 0 aromatic heterocycles. The van der Waals surface area contributed by atoms with Crippen LogP contribution in [0, 0.1) is 0 Å². The minimum atomic E-state index is -4.70. The van der Waals surface area contributed by atoms with Crippen molar-refractivity contribution in [2.24, 2.45) is 10.9 Å². The Morgan fingerprint density at radius 2 is 1.90 bits per heavy atom. The number of rotatable bonds is 6. The van der Waals surface area contributed by atoms with Gasteiger partial charge >= 0.3 is 6.36 Å². The molecule has 0 aliphatic heterocycles. The average molecular weight is 294 g/mol. The summed E-state index contributed by atoms with van der Waals surface area (Å²) < 4.78 is 48.9. The van der Waals surface area contributed by atoms with Crippen LogP contribution in [-0.4, -0.2) is 37.7 Å². The number of alkyl halides is 3. The SMILES string of the molecule is COc1cc(OCCOC(F)(F)F)cc(/C(N)=N/O)c1. The zero-order chi connectivity index (χ0) is 15.2. The predicted molar refractivity (Wildman–Crippen MR) is 63.0 cm³/mol. The van der Waals surface area contributed by atoms with Gasteiger partial charge in [0.25, 0.3) is 0 Å². The molecule has 112 valence electrons. The number of nitrogens with two attached hydrogens (primary N) is 1. The molecular formula is C11H13F3N2O4. The van der Waals surface area contributed by atoms with E-state index in [1.54, 1.807) is 0 Å². The Morgan fingerprint density at radius 1 is 1.25 bits per heavy atom. The lowest BCUT2D eigenvalue weighted by atomic mass is 10.2. The Hall–Kier alpha value is -2.16. The first-order valence-electron chi connectivity index (χ1n) is 5.36. The molecule has 20 heavy (non-hydrogen) atoms. The maximum Gasteiger partial charge on any atom is 0.522 e. The summed E-state index contributed by atoms with van der Waals surface area (Å²) in [6, 6.07) is 4.32. The molecule has 0 saturated heterocycles. The van der Waals surface area contributed by atoms with E-state index in [9.17, 15) is 13.2 Å². The summed E-state index contributed by atoms with van der Waals surface area (Å²) in [5, 5.41) is 11.4. The summed E-state index contributed by atoms with van der Waals surface area (Å²) in [7, 11) is 1.39. The van der Waals surface area contributed by atoms with Gasteiger partial charge in [0, 0.05) is 11.6 Å². The normalized spacial score (nSPS) is 12.3. The van der Waals surface area contributed by atoms with E-state index in [0.717, 1.165) is 0 Å². The van der Waals surface area contributed by atoms with Crippen molar-refractivity contribution in [1.29, 1.82) is 0 Å². The van der Waals surface area contributed by atoms with Gasteiger partial charge in [0.2, 0.25) is 0 Å². The van der Waals surface area contributed by atoms with Crippen LogP contribution in [0.15, 0.2) is 23.4 Å². The molecule has 0 heterocycles. The number of nitrogens with zero attached hydrogens (tertiary/aromatic N) is 1. The van der Waals surface area contributed by atoms with Crippen LogP contribution in [0.4, 0.5) is 13.2 Å². The molecule has 0 spiro atoms. The van der Waals surface area contributed by atoms with E-state index in [1.807, 2.05) is 0 Å². The molecule has 6 nitrogen and oxygen atoms in total. The van der Waals surface area contributed by atoms with Crippen LogP contribution >= 0.6 is 0 Å². The van der Waals surface area contributed by atoms with Gasteiger partial charge < -0.3 is 20.4 Å². The Bertz CT molecular complexity index is 477. The van der Waals surface area contributed by atoms with Crippen LogP contribution in [0.2, 0.25) is 0 Å². The van der Waals surface area contributed by atoms with Gasteiger partial charge in [-0.3, -0.25) is 4.74 Å². The lowest BCUT2D eigenvalue weighted by Gasteiger charge is -2.11. The molecule has 0 aliphatic rings. The van der Waals surface area contributed by atoms with Crippen molar-refractivity contribution >= 4 is 5.84 Å². The second-order valence-electron chi connectivity index (χ2n) is 3.53. The second-order valence-corrected chi connectivity index (χ2v) is 3.53. The number of methoxy groups -OCH3 is 1. The lowest BCUT2D eigenvalue weighted by molar-refractivity contribution is -0.325. The van der Waals surface area contributed by atoms with Crippen LogP contribution in [0.5, 0.6) is 11.5 Å². The topological polar surface area (TPSA) is 86.3 Å². The molecule has 0 bridgehead atoms. The van der Waals surface area contributed by atoms with Crippen molar-refractivity contribution in [1.82, 2.24) is 0 Å². The van der Waals surface area contributed by atoms with Gasteiger partial charge in [-0.25, -0.2) is 0 Å². The van der Waals surface area contributed by atoms with E-state index in [2.05, 4.69) is 9.89 Å². The fraction of sp³-hybridized carbons (Fsp3) is 0.364. The van der Waals surface area contributed by atoms with Gasteiger partial charge in [0.05, 0.1) is 13.7 Å². The lowest BCUT2D eigenvalue weighted by Crippen LogP contribution is -2.18. The maximum atomic E-state index is 11.8. The highest BCUT2D eigenvalue weighted by Crippen LogP contribution is 2.23. The van der Waals surface area contributed by atoms with Crippen LogP contribution in [-0.2, 0) is 4.74 Å². The Balaban J connectivity index is 2.70. The summed E-state index contributed by atoms with van der Waals surface area (Å²) in [4.78, 5) is 0. The van der Waals surface area contributed by atoms with Crippen molar-refractivity contribution in [2.45, 2.75) is 6.36 Å². The predicted octanol–water partition coefficient (Wildman–Crippen LogP) is 1.70. The van der Waals surface area contributed by atoms with Crippen LogP contribution in [0.1, 0.15) is 5.56 Å². The molecule has 0 fully saturated rings. The minimum absolute atomic E-state index is 0.180. The second kappa shape index (κ2) is 6.85. The fourth-order valence-corrected chi connectivity index (χ4v) is 1.30. The summed E-state index contributed by atoms with van der Waals surface area (Å²) in [6.45, 7) is -0.970. The Kier molecular flexibility index (Phi) is 5.44. The summed E-state index contributed by atoms with van der Waals surface area (Å²) in [5.74, 6) is 0.373. The van der Waals surface area contributed by atoms with Crippen LogP contribution in [0.3, 0.4) is 0 Å². The van der Waals surface area contributed by atoms with E-state index in [4.69, 9.17) is 20.4 Å². The largest absolute Gasteiger partial charge is 0.522 e. The number of benzene rings is 1. The highest BCUT2D eigenvalue weighted by Gasteiger charge is 2.28. The fourth-order valence-electron chi connectivity index (χ4n) is 1.30. The number of hydrogen-bond acceptors (Lipinski definition) is 5. The van der Waals surface area contributed by atoms with Crippen LogP contribution < -0.4 is 15.2 Å². The minimum Gasteiger partial charge on any atom is -0.497 e. The maximum absolute atomic E-state index is 11.8. The molecule has 0 atom stereocenters. The number of hydrogen-bond donors (Lipinski definition) is 2. The zero-order valence-corrected chi connectivity index (χ0v) is 10.5. The van der Waals surface area contributed by atoms with Crippen LogP contribution in [0.25, 0.3) is 0 Å². The quantitative estimate of drug-likeness (QED) is 0.274. The average Bonchev–Trinajstić information content (AvgIpc) is 2.41. The van der Waals surface area contributed by atoms with Crippen molar-refractivity contribution in [3.8, 4) is 11.5 Å². The smallest absolute Gasteiger partial charge is 0.497 e. The molecular weight excluding hydrogens is 281 g/mol. The van der Waals surface area contributed by atoms with Gasteiger partial charge in [-0.2, -0.15) is 0 Å². The van der Waals surface area contributed by atoms with Gasteiger partial charge in [-0.05, 0) is 12.1 Å². The van der Waals surface area contributed by atoms with E-state index < -0.39 is 13.0 Å². The third-order valence-corrected chi connectivity index (χ3v) is 2.14. The molecule has 0 saturated carbocycles. The molecule has 1 aromatic rings. The first kappa shape index (κ1) is 15.9. The van der Waals surface area contributed by atoms with Crippen molar-refractivity contribution in [2.75, 3.05) is 20.3 Å². The molecule has 1 rings (SSSR count). The Morgan fingerprint density at radius 3 is 2.45 bits per heavy atom. The van der Waals surface area contributed by atoms with Gasteiger partial charge in [0.1, 0.15) is 18.1 Å². The monoisotopic (exact) mass is 294 g/mol. The number of halogens is 3. The Labute approximate surface area is 112 Å². The third kappa shape index (κ3) is 5.22. The number of oxime groups is 1. The molecule has 0 aliphatic carbocycles. The molecule has 0 radical (unpaired) electrons. The third-order valence-electron chi connectivity index (χ3n) is 2.14. The molecule has 0 amide bonds. The summed E-state index contributed by atoms with van der Waals surface area (Å²) in [5.41, 5.74) is 5.72.